The topological polar surface area (TPSA) is 49.4 Å². The molecular formula is C25H24N2O2S. The van der Waals surface area contributed by atoms with Crippen molar-refractivity contribution in [1.29, 1.82) is 0 Å². The lowest BCUT2D eigenvalue weighted by Crippen LogP contribution is -2.27. The minimum atomic E-state index is -0.134. The van der Waals surface area contributed by atoms with E-state index in [9.17, 15) is 9.59 Å². The van der Waals surface area contributed by atoms with Crippen molar-refractivity contribution >= 4 is 29.3 Å². The van der Waals surface area contributed by atoms with E-state index < -0.39 is 0 Å². The van der Waals surface area contributed by atoms with Gasteiger partial charge in [-0.05, 0) is 48.7 Å². The molecule has 1 atom stereocenters. The molecule has 1 aliphatic rings. The van der Waals surface area contributed by atoms with Crippen LogP contribution in [-0.4, -0.2) is 22.5 Å². The van der Waals surface area contributed by atoms with E-state index in [-0.39, 0.29) is 17.2 Å². The van der Waals surface area contributed by atoms with Gasteiger partial charge in [0.05, 0.1) is 5.75 Å². The summed E-state index contributed by atoms with van der Waals surface area (Å²) < 4.78 is 0. The van der Waals surface area contributed by atoms with Crippen LogP contribution in [0.2, 0.25) is 0 Å². The molecule has 1 N–H and O–H groups in total. The fourth-order valence-corrected chi connectivity index (χ4v) is 4.82. The SMILES string of the molecule is Cc1ccc(NC(=O)c2ccc([C@@H]3SCC(=O)N3Cc3ccccc3)cc2)c(C)c1. The minimum absolute atomic E-state index is 0.0332. The van der Waals surface area contributed by atoms with Crippen LogP contribution in [0.1, 0.15) is 38.0 Å². The van der Waals surface area contributed by atoms with Crippen LogP contribution in [0.5, 0.6) is 0 Å². The van der Waals surface area contributed by atoms with Gasteiger partial charge in [-0.3, -0.25) is 9.59 Å². The van der Waals surface area contributed by atoms with E-state index >= 15 is 0 Å². The number of thioether (sulfide) groups is 1. The van der Waals surface area contributed by atoms with Crippen LogP contribution in [0, 0.1) is 13.8 Å². The summed E-state index contributed by atoms with van der Waals surface area (Å²) in [5, 5.41) is 2.95. The van der Waals surface area contributed by atoms with E-state index in [0.29, 0.717) is 17.9 Å². The van der Waals surface area contributed by atoms with E-state index in [4.69, 9.17) is 0 Å². The number of carbonyl (C=O) groups excluding carboxylic acids is 2. The summed E-state index contributed by atoms with van der Waals surface area (Å²) in [6.07, 6.45) is 0. The Labute approximate surface area is 181 Å². The van der Waals surface area contributed by atoms with Crippen molar-refractivity contribution < 1.29 is 9.59 Å². The standard InChI is InChI=1S/C25H24N2O2S/c1-17-8-13-22(18(2)14-17)26-24(29)20-9-11-21(12-10-20)25-27(23(28)16-30-25)15-19-6-4-3-5-7-19/h3-14,25H,15-16H2,1-2H3,(H,26,29)/t25-/m0/s1. The molecule has 2 amide bonds. The predicted molar refractivity (Wildman–Crippen MR) is 123 cm³/mol. The van der Waals surface area contributed by atoms with Gasteiger partial charge in [-0.1, -0.05) is 60.2 Å². The molecule has 0 bridgehead atoms. The van der Waals surface area contributed by atoms with Gasteiger partial charge in [0.1, 0.15) is 5.37 Å². The molecule has 0 saturated carbocycles. The quantitative estimate of drug-likeness (QED) is 0.612. The number of hydrogen-bond donors (Lipinski definition) is 1. The highest BCUT2D eigenvalue weighted by atomic mass is 32.2. The first-order valence-corrected chi connectivity index (χ1v) is 11.0. The maximum atomic E-state index is 12.7. The van der Waals surface area contributed by atoms with Gasteiger partial charge < -0.3 is 10.2 Å². The number of aryl methyl sites for hydroxylation is 2. The van der Waals surface area contributed by atoms with E-state index in [2.05, 4.69) is 5.32 Å². The number of hydrogen-bond acceptors (Lipinski definition) is 3. The van der Waals surface area contributed by atoms with Crippen molar-refractivity contribution in [2.75, 3.05) is 11.1 Å². The summed E-state index contributed by atoms with van der Waals surface area (Å²) in [6, 6.07) is 23.6. The number of nitrogens with one attached hydrogen (secondary N) is 1. The summed E-state index contributed by atoms with van der Waals surface area (Å²) in [5.74, 6) is 0.488. The van der Waals surface area contributed by atoms with E-state index in [1.165, 1.54) is 5.56 Å². The second-order valence-electron chi connectivity index (χ2n) is 7.57. The van der Waals surface area contributed by atoms with Crippen LogP contribution in [0.25, 0.3) is 0 Å². The maximum absolute atomic E-state index is 12.7. The van der Waals surface area contributed by atoms with E-state index in [1.807, 2.05) is 91.5 Å². The Balaban J connectivity index is 1.48. The largest absolute Gasteiger partial charge is 0.322 e. The molecule has 0 aliphatic carbocycles. The van der Waals surface area contributed by atoms with Crippen LogP contribution in [0.3, 0.4) is 0 Å². The molecule has 3 aromatic rings. The average molecular weight is 417 g/mol. The number of nitrogens with zero attached hydrogens (tertiary/aromatic N) is 1. The molecule has 4 nitrogen and oxygen atoms in total. The first kappa shape index (κ1) is 20.2. The summed E-state index contributed by atoms with van der Waals surface area (Å²) >= 11 is 1.63. The lowest BCUT2D eigenvalue weighted by atomic mass is 10.1. The zero-order valence-electron chi connectivity index (χ0n) is 17.1. The fourth-order valence-electron chi connectivity index (χ4n) is 3.63. The highest BCUT2D eigenvalue weighted by Gasteiger charge is 2.32. The summed E-state index contributed by atoms with van der Waals surface area (Å²) in [6.45, 7) is 4.61. The fraction of sp³-hybridized carbons (Fsp3) is 0.200. The molecule has 0 spiro atoms. The Bertz CT molecular complexity index is 1060. The number of benzene rings is 3. The Morgan fingerprint density at radius 3 is 2.47 bits per heavy atom. The number of carbonyl (C=O) groups is 2. The highest BCUT2D eigenvalue weighted by Crippen LogP contribution is 2.39. The minimum Gasteiger partial charge on any atom is -0.322 e. The molecule has 1 saturated heterocycles. The van der Waals surface area contributed by atoms with Gasteiger partial charge in [0.25, 0.3) is 5.91 Å². The molecule has 1 fully saturated rings. The summed E-state index contributed by atoms with van der Waals surface area (Å²) in [4.78, 5) is 27.0. The van der Waals surface area contributed by atoms with Gasteiger partial charge in [-0.25, -0.2) is 0 Å². The van der Waals surface area contributed by atoms with Crippen molar-refractivity contribution in [3.8, 4) is 0 Å². The Hall–Kier alpha value is -3.05. The second kappa shape index (κ2) is 8.76. The first-order valence-electron chi connectivity index (χ1n) is 9.95. The van der Waals surface area contributed by atoms with Crippen LogP contribution in [-0.2, 0) is 11.3 Å². The second-order valence-corrected chi connectivity index (χ2v) is 8.63. The summed E-state index contributed by atoms with van der Waals surface area (Å²) in [5.41, 5.74) is 5.77. The van der Waals surface area contributed by atoms with Crippen molar-refractivity contribution in [3.63, 3.8) is 0 Å². The molecule has 3 aromatic carbocycles. The lowest BCUT2D eigenvalue weighted by molar-refractivity contribution is -0.128. The molecule has 0 aromatic heterocycles. The average Bonchev–Trinajstić information content (AvgIpc) is 3.11. The molecule has 5 heteroatoms. The molecule has 30 heavy (non-hydrogen) atoms. The molecule has 0 radical (unpaired) electrons. The van der Waals surface area contributed by atoms with Crippen molar-refractivity contribution in [3.05, 3.63) is 101 Å². The molecular weight excluding hydrogens is 392 g/mol. The van der Waals surface area contributed by atoms with Crippen LogP contribution < -0.4 is 5.32 Å². The van der Waals surface area contributed by atoms with Gasteiger partial charge in [-0.2, -0.15) is 0 Å². The predicted octanol–water partition coefficient (Wildman–Crippen LogP) is 5.33. The normalized spacial score (nSPS) is 16.0. The van der Waals surface area contributed by atoms with Gasteiger partial charge in [0, 0.05) is 17.8 Å². The maximum Gasteiger partial charge on any atom is 0.255 e. The summed E-state index contributed by atoms with van der Waals surface area (Å²) in [7, 11) is 0. The highest BCUT2D eigenvalue weighted by molar-refractivity contribution is 8.00. The van der Waals surface area contributed by atoms with Gasteiger partial charge >= 0.3 is 0 Å². The van der Waals surface area contributed by atoms with Gasteiger partial charge in [-0.15, -0.1) is 11.8 Å². The Morgan fingerprint density at radius 1 is 1.03 bits per heavy atom. The third-order valence-electron chi connectivity index (χ3n) is 5.25. The van der Waals surface area contributed by atoms with E-state index in [0.717, 1.165) is 22.4 Å². The lowest BCUT2D eigenvalue weighted by Gasteiger charge is -2.24. The molecule has 4 rings (SSSR count). The third-order valence-corrected chi connectivity index (χ3v) is 6.51. The molecule has 1 heterocycles. The number of anilines is 1. The smallest absolute Gasteiger partial charge is 0.255 e. The zero-order chi connectivity index (χ0) is 21.1. The van der Waals surface area contributed by atoms with Crippen LogP contribution in [0.4, 0.5) is 5.69 Å². The Morgan fingerprint density at radius 2 is 1.77 bits per heavy atom. The van der Waals surface area contributed by atoms with Crippen LogP contribution >= 0.6 is 11.8 Å². The monoisotopic (exact) mass is 416 g/mol. The van der Waals surface area contributed by atoms with Crippen molar-refractivity contribution in [2.45, 2.75) is 25.8 Å². The van der Waals surface area contributed by atoms with Gasteiger partial charge in [0.2, 0.25) is 5.91 Å². The number of amides is 2. The molecule has 0 unspecified atom stereocenters. The number of rotatable bonds is 5. The van der Waals surface area contributed by atoms with Crippen LogP contribution in [0.15, 0.2) is 72.8 Å². The van der Waals surface area contributed by atoms with E-state index in [1.54, 1.807) is 11.8 Å². The molecule has 152 valence electrons. The van der Waals surface area contributed by atoms with Gasteiger partial charge in [0.15, 0.2) is 0 Å². The Kier molecular flexibility index (Phi) is 5.91. The van der Waals surface area contributed by atoms with Crippen molar-refractivity contribution in [1.82, 2.24) is 4.90 Å². The molecule has 1 aliphatic heterocycles. The first-order chi connectivity index (χ1) is 14.5. The van der Waals surface area contributed by atoms with Crippen molar-refractivity contribution in [2.24, 2.45) is 0 Å². The third kappa shape index (κ3) is 4.41. The zero-order valence-corrected chi connectivity index (χ0v) is 17.9.